The van der Waals surface area contributed by atoms with Gasteiger partial charge in [0, 0.05) is 0 Å². The highest BCUT2D eigenvalue weighted by Gasteiger charge is 2.19. The van der Waals surface area contributed by atoms with Gasteiger partial charge in [0.1, 0.15) is 17.1 Å². The molecule has 0 saturated carbocycles. The Morgan fingerprint density at radius 1 is 1.29 bits per heavy atom. The maximum atomic E-state index is 12.7. The first-order chi connectivity index (χ1) is 7.95. The van der Waals surface area contributed by atoms with Crippen LogP contribution in [-0.2, 0) is 12.1 Å². The van der Waals surface area contributed by atoms with Gasteiger partial charge in [0.2, 0.25) is 0 Å². The van der Waals surface area contributed by atoms with Crippen molar-refractivity contribution < 1.29 is 9.50 Å². The summed E-state index contributed by atoms with van der Waals surface area (Å²) in [7, 11) is 0. The molecular weight excluding hydrogens is 221 g/mol. The number of aliphatic hydroxyl groups is 1. The Bertz CT molecular complexity index is 499. The first kappa shape index (κ1) is 11.7. The molecule has 2 rings (SSSR count). The predicted octanol–water partition coefficient (Wildman–Crippen LogP) is 1.69. The molecule has 2 aromatic rings. The molecule has 0 fully saturated rings. The number of hydrogen-bond donors (Lipinski definition) is 1. The Kier molecular flexibility index (Phi) is 2.93. The summed E-state index contributed by atoms with van der Waals surface area (Å²) in [5.41, 5.74) is 0.444. The van der Waals surface area contributed by atoms with Crippen molar-refractivity contribution in [1.82, 2.24) is 15.0 Å². The second-order valence-corrected chi connectivity index (χ2v) is 4.49. The first-order valence-electron chi connectivity index (χ1n) is 5.32. The van der Waals surface area contributed by atoms with E-state index >= 15 is 0 Å². The molecular formula is C12H14FN3O. The predicted molar refractivity (Wildman–Crippen MR) is 60.8 cm³/mol. The van der Waals surface area contributed by atoms with E-state index in [1.54, 1.807) is 36.9 Å². The van der Waals surface area contributed by atoms with E-state index in [9.17, 15) is 9.50 Å². The van der Waals surface area contributed by atoms with Gasteiger partial charge in [0.15, 0.2) is 0 Å². The molecule has 5 heteroatoms. The zero-order valence-corrected chi connectivity index (χ0v) is 9.76. The van der Waals surface area contributed by atoms with Crippen molar-refractivity contribution in [2.45, 2.75) is 26.0 Å². The summed E-state index contributed by atoms with van der Waals surface area (Å²) >= 11 is 0. The Hall–Kier alpha value is -1.75. The molecule has 0 bridgehead atoms. The molecule has 4 nitrogen and oxygen atoms in total. The lowest BCUT2D eigenvalue weighted by molar-refractivity contribution is 0.0737. The normalized spacial score (nSPS) is 11.8. The van der Waals surface area contributed by atoms with Crippen molar-refractivity contribution in [1.29, 1.82) is 0 Å². The number of benzene rings is 1. The standard InChI is InChI=1S/C12H14FN3O/c1-12(2,17)11-8-16(15-14-11)7-9-3-5-10(13)6-4-9/h3-6,8,17H,7H2,1-2H3. The molecule has 1 heterocycles. The van der Waals surface area contributed by atoms with Crippen LogP contribution in [-0.4, -0.2) is 20.1 Å². The van der Waals surface area contributed by atoms with Crippen LogP contribution in [0.4, 0.5) is 4.39 Å². The molecule has 90 valence electrons. The van der Waals surface area contributed by atoms with Crippen LogP contribution in [0.25, 0.3) is 0 Å². The summed E-state index contributed by atoms with van der Waals surface area (Å²) in [4.78, 5) is 0. The highest BCUT2D eigenvalue weighted by molar-refractivity contribution is 5.16. The smallest absolute Gasteiger partial charge is 0.123 e. The van der Waals surface area contributed by atoms with Crippen molar-refractivity contribution in [3.8, 4) is 0 Å². The molecule has 0 spiro atoms. The van der Waals surface area contributed by atoms with Crippen LogP contribution in [0.3, 0.4) is 0 Å². The molecule has 17 heavy (non-hydrogen) atoms. The van der Waals surface area contributed by atoms with Crippen LogP contribution < -0.4 is 0 Å². The zero-order chi connectivity index (χ0) is 12.5. The van der Waals surface area contributed by atoms with Crippen molar-refractivity contribution in [3.05, 3.63) is 47.5 Å². The van der Waals surface area contributed by atoms with Crippen molar-refractivity contribution >= 4 is 0 Å². The van der Waals surface area contributed by atoms with Crippen LogP contribution in [0.2, 0.25) is 0 Å². The Balaban J connectivity index is 2.14. The molecule has 1 N–H and O–H groups in total. The quantitative estimate of drug-likeness (QED) is 0.880. The maximum Gasteiger partial charge on any atom is 0.123 e. The summed E-state index contributed by atoms with van der Waals surface area (Å²) in [5, 5.41) is 17.5. The third-order valence-electron chi connectivity index (χ3n) is 2.42. The molecule has 0 unspecified atom stereocenters. The highest BCUT2D eigenvalue weighted by atomic mass is 19.1. The molecule has 0 aliphatic carbocycles. The average molecular weight is 235 g/mol. The van der Waals surface area contributed by atoms with E-state index in [0.29, 0.717) is 12.2 Å². The third-order valence-corrected chi connectivity index (χ3v) is 2.42. The second kappa shape index (κ2) is 4.25. The van der Waals surface area contributed by atoms with Crippen molar-refractivity contribution in [3.63, 3.8) is 0 Å². The number of rotatable bonds is 3. The summed E-state index contributed by atoms with van der Waals surface area (Å²) in [6.07, 6.45) is 1.68. The van der Waals surface area contributed by atoms with Crippen LogP contribution in [0.15, 0.2) is 30.5 Å². The van der Waals surface area contributed by atoms with Gasteiger partial charge in [0.05, 0.1) is 12.7 Å². The van der Waals surface area contributed by atoms with E-state index in [2.05, 4.69) is 10.3 Å². The maximum absolute atomic E-state index is 12.7. The van der Waals surface area contributed by atoms with Crippen LogP contribution in [0, 0.1) is 5.82 Å². The van der Waals surface area contributed by atoms with Gasteiger partial charge in [-0.05, 0) is 31.5 Å². The zero-order valence-electron chi connectivity index (χ0n) is 9.76. The van der Waals surface area contributed by atoms with E-state index in [-0.39, 0.29) is 5.82 Å². The molecule has 1 aromatic heterocycles. The number of hydrogen-bond acceptors (Lipinski definition) is 3. The summed E-state index contributed by atoms with van der Waals surface area (Å²) in [5.74, 6) is -0.260. The topological polar surface area (TPSA) is 50.9 Å². The first-order valence-corrected chi connectivity index (χ1v) is 5.32. The van der Waals surface area contributed by atoms with Gasteiger partial charge in [-0.15, -0.1) is 5.10 Å². The highest BCUT2D eigenvalue weighted by Crippen LogP contribution is 2.16. The van der Waals surface area contributed by atoms with E-state index in [4.69, 9.17) is 0 Å². The van der Waals surface area contributed by atoms with Gasteiger partial charge in [0.25, 0.3) is 0 Å². The second-order valence-electron chi connectivity index (χ2n) is 4.49. The lowest BCUT2D eigenvalue weighted by atomic mass is 10.1. The van der Waals surface area contributed by atoms with Crippen LogP contribution in [0.1, 0.15) is 25.1 Å². The Morgan fingerprint density at radius 3 is 2.47 bits per heavy atom. The SMILES string of the molecule is CC(C)(O)c1cn(Cc2ccc(F)cc2)nn1. The molecule has 0 aliphatic rings. The molecule has 0 radical (unpaired) electrons. The molecule has 0 atom stereocenters. The summed E-state index contributed by atoms with van der Waals surface area (Å²) in [6, 6.07) is 6.20. The van der Waals surface area contributed by atoms with Crippen LogP contribution in [0.5, 0.6) is 0 Å². The van der Waals surface area contributed by atoms with Crippen molar-refractivity contribution in [2.75, 3.05) is 0 Å². The van der Waals surface area contributed by atoms with E-state index in [0.717, 1.165) is 5.56 Å². The minimum absolute atomic E-state index is 0.260. The van der Waals surface area contributed by atoms with Gasteiger partial charge in [-0.1, -0.05) is 17.3 Å². The van der Waals surface area contributed by atoms with Crippen LogP contribution >= 0.6 is 0 Å². The minimum atomic E-state index is -0.999. The van der Waals surface area contributed by atoms with Gasteiger partial charge in [-0.3, -0.25) is 0 Å². The lowest BCUT2D eigenvalue weighted by Crippen LogP contribution is -2.15. The fraction of sp³-hybridized carbons (Fsp3) is 0.333. The monoisotopic (exact) mass is 235 g/mol. The third kappa shape index (κ3) is 2.88. The Labute approximate surface area is 98.7 Å². The summed E-state index contributed by atoms with van der Waals surface area (Å²) < 4.78 is 14.3. The van der Waals surface area contributed by atoms with Gasteiger partial charge in [-0.25, -0.2) is 9.07 Å². The van der Waals surface area contributed by atoms with E-state index in [1.165, 1.54) is 12.1 Å². The number of halogens is 1. The lowest BCUT2D eigenvalue weighted by Gasteiger charge is -2.11. The van der Waals surface area contributed by atoms with Crippen molar-refractivity contribution in [2.24, 2.45) is 0 Å². The largest absolute Gasteiger partial charge is 0.384 e. The molecule has 0 saturated heterocycles. The van der Waals surface area contributed by atoms with Gasteiger partial charge in [-0.2, -0.15) is 0 Å². The Morgan fingerprint density at radius 2 is 1.94 bits per heavy atom. The van der Waals surface area contributed by atoms with E-state index in [1.807, 2.05) is 0 Å². The summed E-state index contributed by atoms with van der Waals surface area (Å²) in [6.45, 7) is 3.81. The molecule has 0 aliphatic heterocycles. The van der Waals surface area contributed by atoms with E-state index < -0.39 is 5.60 Å². The molecule has 0 amide bonds. The number of nitrogens with zero attached hydrogens (tertiary/aromatic N) is 3. The van der Waals surface area contributed by atoms with Gasteiger partial charge >= 0.3 is 0 Å². The average Bonchev–Trinajstić information content (AvgIpc) is 2.69. The fourth-order valence-electron chi connectivity index (χ4n) is 1.43. The molecule has 1 aromatic carbocycles. The minimum Gasteiger partial charge on any atom is -0.384 e. The number of aromatic nitrogens is 3. The van der Waals surface area contributed by atoms with Gasteiger partial charge < -0.3 is 5.11 Å². The fourth-order valence-corrected chi connectivity index (χ4v) is 1.43.